The predicted octanol–water partition coefficient (Wildman–Crippen LogP) is 5.39. The summed E-state index contributed by atoms with van der Waals surface area (Å²) in [6.45, 7) is 2.44. The number of aromatic nitrogens is 2. The van der Waals surface area contributed by atoms with Crippen LogP contribution in [-0.2, 0) is 13.2 Å². The van der Waals surface area contributed by atoms with Gasteiger partial charge >= 0.3 is 40.5 Å². The van der Waals surface area contributed by atoms with Crippen LogP contribution in [0.5, 0.6) is 0 Å². The molecule has 4 heterocycles. The molecule has 0 amide bonds. The van der Waals surface area contributed by atoms with Crippen molar-refractivity contribution in [1.29, 1.82) is 0 Å². The maximum atomic E-state index is 4.14. The molecule has 2 aliphatic heterocycles. The van der Waals surface area contributed by atoms with Gasteiger partial charge in [-0.3, -0.25) is 19.8 Å². The van der Waals surface area contributed by atoms with Crippen LogP contribution in [0.4, 0.5) is 0 Å². The van der Waals surface area contributed by atoms with E-state index in [4.69, 9.17) is 0 Å². The predicted molar refractivity (Wildman–Crippen MR) is 116 cm³/mol. The zero-order chi connectivity index (χ0) is 19.5. The summed E-state index contributed by atoms with van der Waals surface area (Å²) in [5.41, 5.74) is 2.72. The molecule has 2 unspecified atom stereocenters. The molecule has 2 aromatic heterocycles. The second-order valence-electron chi connectivity index (χ2n) is 6.95. The van der Waals surface area contributed by atoms with Crippen LogP contribution in [0, 0.1) is 0 Å². The summed E-state index contributed by atoms with van der Waals surface area (Å²) < 4.78 is 0. The third kappa shape index (κ3) is 7.62. The van der Waals surface area contributed by atoms with Crippen molar-refractivity contribution in [2.75, 3.05) is 27.2 Å². The second kappa shape index (κ2) is 13.1. The molecule has 2 aliphatic rings. The van der Waals surface area contributed by atoms with Crippen molar-refractivity contribution < 1.29 is 13.2 Å². The molecule has 0 N–H and O–H groups in total. The van der Waals surface area contributed by atoms with Crippen LogP contribution >= 0.6 is 27.2 Å². The van der Waals surface area contributed by atoms with Crippen molar-refractivity contribution in [1.82, 2.24) is 19.8 Å². The Kier molecular flexibility index (Phi) is 11.2. The van der Waals surface area contributed by atoms with Gasteiger partial charge in [-0.15, -0.1) is 0 Å². The van der Waals surface area contributed by atoms with E-state index in [-0.39, 0.29) is 13.2 Å². The maximum absolute atomic E-state index is 4.14. The number of likely N-dealkylation sites (tertiary alicyclic amines) is 2. The Balaban J connectivity index is 0.000000170. The molecule has 0 aromatic carbocycles. The summed E-state index contributed by atoms with van der Waals surface area (Å²) in [7, 11) is 4.37. The van der Waals surface area contributed by atoms with Gasteiger partial charge in [0.2, 0.25) is 0 Å². The Morgan fingerprint density at radius 1 is 0.852 bits per heavy atom. The molecule has 2 aromatic rings. The van der Waals surface area contributed by atoms with Crippen LogP contribution in [0.15, 0.2) is 49.1 Å². The first-order valence-corrected chi connectivity index (χ1v) is 23.4. The fourth-order valence-corrected chi connectivity index (χ4v) is 3.81. The van der Waals surface area contributed by atoms with Crippen molar-refractivity contribution in [2.24, 2.45) is 0 Å². The number of nitrogens with zero attached hydrogens (tertiary/aromatic N) is 4. The summed E-state index contributed by atoms with van der Waals surface area (Å²) in [6.07, 6.45) is 12.8. The first-order chi connectivity index (χ1) is 13.2. The van der Waals surface area contributed by atoms with Gasteiger partial charge in [-0.1, -0.05) is 12.1 Å². The molecule has 2 saturated heterocycles. The zero-order valence-electron chi connectivity index (χ0n) is 16.3. The number of pyridine rings is 2. The van der Waals surface area contributed by atoms with E-state index >= 15 is 0 Å². The van der Waals surface area contributed by atoms with Crippen molar-refractivity contribution in [3.8, 4) is 0 Å². The van der Waals surface area contributed by atoms with Crippen molar-refractivity contribution in [3.05, 3.63) is 60.2 Å². The third-order valence-electron chi connectivity index (χ3n) is 5.18. The summed E-state index contributed by atoms with van der Waals surface area (Å²) >= 11 is 6.25. The Labute approximate surface area is 184 Å². The van der Waals surface area contributed by atoms with Gasteiger partial charge in [0, 0.05) is 36.9 Å². The molecular weight excluding hydrogens is 521 g/mol. The summed E-state index contributed by atoms with van der Waals surface area (Å²) in [4.78, 5) is 13.1. The van der Waals surface area contributed by atoms with Crippen molar-refractivity contribution >= 4 is 27.2 Å². The molecule has 144 valence electrons. The van der Waals surface area contributed by atoms with Gasteiger partial charge in [0.05, 0.1) is 0 Å². The molecule has 4 rings (SSSR count). The standard InChI is InChI=1S/2C10H14N2.2BrH.Zn/c2*1-12-7-3-5-10(12)9-4-2-6-11-8-9;;;/h2*2,4,6,8,10H,3,5,7H2,1H3;2*1H;/q;;;;+2/p-2. The molecule has 0 saturated carbocycles. The summed E-state index contributed by atoms with van der Waals surface area (Å²) in [5.74, 6) is 0. The summed E-state index contributed by atoms with van der Waals surface area (Å²) in [5, 5.41) is 0. The van der Waals surface area contributed by atoms with Gasteiger partial charge in [-0.2, -0.15) is 0 Å². The zero-order valence-corrected chi connectivity index (χ0v) is 22.4. The molecule has 7 heteroatoms. The molecule has 2 atom stereocenters. The van der Waals surface area contributed by atoms with E-state index in [1.54, 1.807) is 0 Å². The van der Waals surface area contributed by atoms with E-state index in [2.05, 4.69) is 73.2 Å². The van der Waals surface area contributed by atoms with Crippen LogP contribution in [0.3, 0.4) is 0 Å². The van der Waals surface area contributed by atoms with E-state index in [1.165, 1.54) is 49.9 Å². The van der Waals surface area contributed by atoms with Crippen molar-refractivity contribution in [3.63, 3.8) is 0 Å². The minimum absolute atomic E-state index is 0.250. The fourth-order valence-electron chi connectivity index (χ4n) is 3.81. The SMILES string of the molecule is CN1CCCC1c1cccnc1.CN1CCCC1c1cccnc1.[Br][Zn][Br]. The van der Waals surface area contributed by atoms with Gasteiger partial charge < -0.3 is 0 Å². The van der Waals surface area contributed by atoms with E-state index in [1.807, 2.05) is 36.9 Å². The number of halogens is 2. The number of hydrogen-bond acceptors (Lipinski definition) is 4. The van der Waals surface area contributed by atoms with Crippen LogP contribution in [0.25, 0.3) is 0 Å². The average Bonchev–Trinajstić information content (AvgIpc) is 3.32. The van der Waals surface area contributed by atoms with Crippen molar-refractivity contribution in [2.45, 2.75) is 37.8 Å². The van der Waals surface area contributed by atoms with Crippen LogP contribution in [0.1, 0.15) is 48.9 Å². The molecular formula is C20H28Br2N4Zn. The number of hydrogen-bond donors (Lipinski definition) is 0. The van der Waals surface area contributed by atoms with E-state index in [0.29, 0.717) is 12.1 Å². The van der Waals surface area contributed by atoms with Crippen LogP contribution in [0.2, 0.25) is 0 Å². The minimum atomic E-state index is -0.250. The molecule has 0 spiro atoms. The Morgan fingerprint density at radius 2 is 1.26 bits per heavy atom. The van der Waals surface area contributed by atoms with E-state index in [9.17, 15) is 0 Å². The van der Waals surface area contributed by atoms with Gasteiger partial charge in [0.25, 0.3) is 0 Å². The Bertz CT molecular complexity index is 577. The quantitative estimate of drug-likeness (QED) is 0.471. The van der Waals surface area contributed by atoms with Gasteiger partial charge in [0.15, 0.2) is 0 Å². The summed E-state index contributed by atoms with van der Waals surface area (Å²) in [6, 6.07) is 9.58. The van der Waals surface area contributed by atoms with Gasteiger partial charge in [-0.25, -0.2) is 0 Å². The molecule has 27 heavy (non-hydrogen) atoms. The first kappa shape index (κ1) is 23.1. The first-order valence-electron chi connectivity index (χ1n) is 9.49. The Hall–Kier alpha value is -0.197. The topological polar surface area (TPSA) is 32.3 Å². The van der Waals surface area contributed by atoms with E-state index in [0.717, 1.165) is 0 Å². The molecule has 2 fully saturated rings. The van der Waals surface area contributed by atoms with Gasteiger partial charge in [0.1, 0.15) is 0 Å². The second-order valence-corrected chi connectivity index (χ2v) is 21.0. The Morgan fingerprint density at radius 3 is 1.52 bits per heavy atom. The van der Waals surface area contributed by atoms with E-state index < -0.39 is 0 Å². The normalized spacial score (nSPS) is 22.2. The molecule has 0 radical (unpaired) electrons. The molecule has 0 aliphatic carbocycles. The molecule has 4 nitrogen and oxygen atoms in total. The van der Waals surface area contributed by atoms with Crippen LogP contribution in [-0.4, -0.2) is 47.0 Å². The number of rotatable bonds is 2. The van der Waals surface area contributed by atoms with Crippen LogP contribution < -0.4 is 0 Å². The van der Waals surface area contributed by atoms with Gasteiger partial charge in [-0.05, 0) is 76.1 Å². The fraction of sp³-hybridized carbons (Fsp3) is 0.500. The third-order valence-corrected chi connectivity index (χ3v) is 5.18. The monoisotopic (exact) mass is 546 g/mol. The average molecular weight is 550 g/mol. The molecule has 0 bridgehead atoms.